The number of ether oxygens (including phenoxy) is 1. The smallest absolute Gasteiger partial charge is 0.258 e. The van der Waals surface area contributed by atoms with Crippen LogP contribution in [-0.4, -0.2) is 21.9 Å². The number of carbonyl (C=O) groups is 1. The van der Waals surface area contributed by atoms with Gasteiger partial charge in [-0.2, -0.15) is 0 Å². The van der Waals surface area contributed by atoms with Crippen LogP contribution in [0.25, 0.3) is 5.65 Å². The van der Waals surface area contributed by atoms with Gasteiger partial charge in [-0.15, -0.1) is 0 Å². The lowest BCUT2D eigenvalue weighted by molar-refractivity contribution is -0.123. The Morgan fingerprint density at radius 3 is 2.75 bits per heavy atom. The van der Waals surface area contributed by atoms with Crippen LogP contribution in [0.5, 0.6) is 5.75 Å². The van der Waals surface area contributed by atoms with Crippen LogP contribution in [-0.2, 0) is 11.3 Å². The summed E-state index contributed by atoms with van der Waals surface area (Å²) in [5.41, 5.74) is 4.98. The maximum Gasteiger partial charge on any atom is 0.258 e. The first-order chi connectivity index (χ1) is 11.5. The highest BCUT2D eigenvalue weighted by Gasteiger charge is 2.07. The summed E-state index contributed by atoms with van der Waals surface area (Å²) >= 11 is 0. The Labute approximate surface area is 141 Å². The highest BCUT2D eigenvalue weighted by molar-refractivity contribution is 5.77. The van der Waals surface area contributed by atoms with E-state index in [0.29, 0.717) is 6.54 Å². The molecule has 5 nitrogen and oxygen atoms in total. The number of benzene rings is 1. The zero-order valence-corrected chi connectivity index (χ0v) is 14.2. The summed E-state index contributed by atoms with van der Waals surface area (Å²) in [6, 6.07) is 9.93. The van der Waals surface area contributed by atoms with E-state index in [4.69, 9.17) is 4.74 Å². The molecular formula is C19H21N3O2. The lowest BCUT2D eigenvalue weighted by Crippen LogP contribution is -2.28. The molecule has 24 heavy (non-hydrogen) atoms. The summed E-state index contributed by atoms with van der Waals surface area (Å²) in [6.07, 6.45) is 3.94. The van der Waals surface area contributed by atoms with Crippen LogP contribution in [0.4, 0.5) is 0 Å². The normalized spacial score (nSPS) is 10.8. The highest BCUT2D eigenvalue weighted by atomic mass is 16.5. The molecule has 0 fully saturated rings. The third-order valence-electron chi connectivity index (χ3n) is 3.82. The average Bonchev–Trinajstić information content (AvgIpc) is 2.95. The molecule has 0 bridgehead atoms. The fraction of sp³-hybridized carbons (Fsp3) is 0.263. The van der Waals surface area contributed by atoms with Gasteiger partial charge >= 0.3 is 0 Å². The summed E-state index contributed by atoms with van der Waals surface area (Å²) in [5.74, 6) is 0.581. The van der Waals surface area contributed by atoms with Crippen LogP contribution in [0.1, 0.15) is 22.4 Å². The Hall–Kier alpha value is -2.82. The number of fused-ring (bicyclic) bond motifs is 1. The molecular weight excluding hydrogens is 302 g/mol. The number of rotatable bonds is 5. The Bertz CT molecular complexity index is 883. The van der Waals surface area contributed by atoms with Gasteiger partial charge in [0, 0.05) is 12.4 Å². The highest BCUT2D eigenvalue weighted by Crippen LogP contribution is 2.18. The first-order valence-corrected chi connectivity index (χ1v) is 7.92. The van der Waals surface area contributed by atoms with Crippen LogP contribution < -0.4 is 10.1 Å². The Morgan fingerprint density at radius 1 is 1.12 bits per heavy atom. The van der Waals surface area contributed by atoms with E-state index in [0.717, 1.165) is 33.8 Å². The van der Waals surface area contributed by atoms with Gasteiger partial charge < -0.3 is 14.5 Å². The molecule has 0 saturated heterocycles. The molecule has 1 N–H and O–H groups in total. The van der Waals surface area contributed by atoms with Crippen molar-refractivity contribution in [2.75, 3.05) is 6.61 Å². The van der Waals surface area contributed by atoms with Crippen molar-refractivity contribution in [3.05, 3.63) is 65.1 Å². The number of imidazole rings is 1. The second kappa shape index (κ2) is 6.74. The minimum atomic E-state index is -0.163. The number of amides is 1. The number of carbonyl (C=O) groups excluding carboxylic acids is 1. The molecule has 0 aliphatic heterocycles. The second-order valence-corrected chi connectivity index (χ2v) is 6.04. The molecule has 3 aromatic rings. The molecule has 0 aliphatic rings. The predicted octanol–water partition coefficient (Wildman–Crippen LogP) is 2.95. The standard InChI is InChI=1S/C19H21N3O2/c1-13-4-6-15(3)17(8-13)24-12-19(23)20-9-16-11-22-10-14(2)5-7-18(22)21-16/h4-8,10-11H,9,12H2,1-3H3,(H,20,23). The topological polar surface area (TPSA) is 55.6 Å². The fourth-order valence-electron chi connectivity index (χ4n) is 2.49. The molecule has 0 aliphatic carbocycles. The van der Waals surface area contributed by atoms with Crippen molar-refractivity contribution in [2.45, 2.75) is 27.3 Å². The number of hydrogen-bond donors (Lipinski definition) is 1. The molecule has 0 spiro atoms. The Balaban J connectivity index is 1.55. The van der Waals surface area contributed by atoms with E-state index in [2.05, 4.69) is 10.3 Å². The van der Waals surface area contributed by atoms with Gasteiger partial charge in [0.15, 0.2) is 6.61 Å². The van der Waals surface area contributed by atoms with E-state index in [9.17, 15) is 4.79 Å². The van der Waals surface area contributed by atoms with E-state index in [-0.39, 0.29) is 12.5 Å². The molecule has 0 unspecified atom stereocenters. The van der Waals surface area contributed by atoms with E-state index in [1.165, 1.54) is 0 Å². The van der Waals surface area contributed by atoms with E-state index >= 15 is 0 Å². The largest absolute Gasteiger partial charge is 0.483 e. The maximum absolute atomic E-state index is 12.0. The quantitative estimate of drug-likeness (QED) is 0.785. The monoisotopic (exact) mass is 323 g/mol. The second-order valence-electron chi connectivity index (χ2n) is 6.04. The van der Waals surface area contributed by atoms with E-state index < -0.39 is 0 Å². The van der Waals surface area contributed by atoms with Crippen molar-refractivity contribution in [1.82, 2.24) is 14.7 Å². The van der Waals surface area contributed by atoms with Crippen molar-refractivity contribution in [3.63, 3.8) is 0 Å². The number of nitrogens with one attached hydrogen (secondary N) is 1. The number of aromatic nitrogens is 2. The summed E-state index contributed by atoms with van der Waals surface area (Å²) in [6.45, 7) is 6.38. The Kier molecular flexibility index (Phi) is 4.51. The first-order valence-electron chi connectivity index (χ1n) is 7.92. The van der Waals surface area contributed by atoms with Crippen molar-refractivity contribution in [1.29, 1.82) is 0 Å². The van der Waals surface area contributed by atoms with Gasteiger partial charge in [-0.05, 0) is 49.6 Å². The van der Waals surface area contributed by atoms with Gasteiger partial charge in [-0.3, -0.25) is 4.79 Å². The van der Waals surface area contributed by atoms with Crippen molar-refractivity contribution in [3.8, 4) is 5.75 Å². The van der Waals surface area contributed by atoms with E-state index in [1.807, 2.05) is 67.9 Å². The molecule has 1 aromatic carbocycles. The number of nitrogens with zero attached hydrogens (tertiary/aromatic N) is 2. The lowest BCUT2D eigenvalue weighted by atomic mass is 10.1. The molecule has 5 heteroatoms. The van der Waals surface area contributed by atoms with Gasteiger partial charge in [-0.25, -0.2) is 4.98 Å². The van der Waals surface area contributed by atoms with Crippen LogP contribution in [0.2, 0.25) is 0 Å². The molecule has 0 radical (unpaired) electrons. The number of pyridine rings is 1. The minimum absolute atomic E-state index is 0.00320. The predicted molar refractivity (Wildman–Crippen MR) is 93.2 cm³/mol. The van der Waals surface area contributed by atoms with Crippen LogP contribution in [0, 0.1) is 20.8 Å². The summed E-state index contributed by atoms with van der Waals surface area (Å²) < 4.78 is 7.57. The summed E-state index contributed by atoms with van der Waals surface area (Å²) in [4.78, 5) is 16.5. The summed E-state index contributed by atoms with van der Waals surface area (Å²) in [5, 5.41) is 2.84. The van der Waals surface area contributed by atoms with Gasteiger partial charge in [0.1, 0.15) is 11.4 Å². The van der Waals surface area contributed by atoms with Gasteiger partial charge in [0.25, 0.3) is 5.91 Å². The molecule has 2 aromatic heterocycles. The third-order valence-corrected chi connectivity index (χ3v) is 3.82. The third kappa shape index (κ3) is 3.74. The average molecular weight is 323 g/mol. The number of hydrogen-bond acceptors (Lipinski definition) is 3. The maximum atomic E-state index is 12.0. The molecule has 3 rings (SSSR count). The fourth-order valence-corrected chi connectivity index (χ4v) is 2.49. The Morgan fingerprint density at radius 2 is 1.92 bits per heavy atom. The van der Waals surface area contributed by atoms with Crippen molar-refractivity contribution < 1.29 is 9.53 Å². The molecule has 1 amide bonds. The molecule has 0 atom stereocenters. The SMILES string of the molecule is Cc1ccc(C)c(OCC(=O)NCc2cn3cc(C)ccc3n2)c1. The van der Waals surface area contributed by atoms with Crippen molar-refractivity contribution >= 4 is 11.6 Å². The summed E-state index contributed by atoms with van der Waals surface area (Å²) in [7, 11) is 0. The zero-order chi connectivity index (χ0) is 17.1. The molecule has 124 valence electrons. The molecule has 0 saturated carbocycles. The van der Waals surface area contributed by atoms with Crippen molar-refractivity contribution in [2.24, 2.45) is 0 Å². The first kappa shape index (κ1) is 16.1. The minimum Gasteiger partial charge on any atom is -0.483 e. The van der Waals surface area contributed by atoms with Gasteiger partial charge in [0.05, 0.1) is 12.2 Å². The van der Waals surface area contributed by atoms with Crippen LogP contribution in [0.3, 0.4) is 0 Å². The van der Waals surface area contributed by atoms with Gasteiger partial charge in [-0.1, -0.05) is 18.2 Å². The number of aryl methyl sites for hydroxylation is 3. The van der Waals surface area contributed by atoms with Gasteiger partial charge in [0.2, 0.25) is 0 Å². The molecule has 2 heterocycles. The van der Waals surface area contributed by atoms with Crippen LogP contribution in [0.15, 0.2) is 42.7 Å². The zero-order valence-electron chi connectivity index (χ0n) is 14.2. The van der Waals surface area contributed by atoms with E-state index in [1.54, 1.807) is 0 Å². The lowest BCUT2D eigenvalue weighted by Gasteiger charge is -2.09. The van der Waals surface area contributed by atoms with Crippen LogP contribution >= 0.6 is 0 Å².